The van der Waals surface area contributed by atoms with Crippen molar-refractivity contribution in [2.45, 2.75) is 19.5 Å². The molecule has 2 N–H and O–H groups in total. The topological polar surface area (TPSA) is 62.3 Å². The van der Waals surface area contributed by atoms with Gasteiger partial charge in [0.15, 0.2) is 0 Å². The van der Waals surface area contributed by atoms with Crippen LogP contribution in [0.3, 0.4) is 0 Å². The molecule has 1 heterocycles. The van der Waals surface area contributed by atoms with Gasteiger partial charge in [-0.15, -0.1) is 0 Å². The van der Waals surface area contributed by atoms with Gasteiger partial charge in [0.25, 0.3) is 0 Å². The molecule has 2 aromatic rings. The molecule has 0 bridgehead atoms. The highest BCUT2D eigenvalue weighted by Crippen LogP contribution is 2.29. The van der Waals surface area contributed by atoms with E-state index in [1.165, 1.54) is 0 Å². The Bertz CT molecular complexity index is 551. The maximum atomic E-state index is 6.22. The molecular weight excluding hydrogens is 242 g/mol. The Labute approximate surface area is 112 Å². The van der Waals surface area contributed by atoms with Crippen molar-refractivity contribution < 1.29 is 9.47 Å². The minimum Gasteiger partial charge on any atom is -0.497 e. The zero-order valence-corrected chi connectivity index (χ0v) is 11.5. The zero-order valence-electron chi connectivity index (χ0n) is 11.5. The molecule has 0 aliphatic rings. The van der Waals surface area contributed by atoms with Crippen molar-refractivity contribution in [3.05, 3.63) is 41.7 Å². The van der Waals surface area contributed by atoms with E-state index in [9.17, 15) is 0 Å². The third kappa shape index (κ3) is 3.06. The number of hydrogen-bond donors (Lipinski definition) is 1. The van der Waals surface area contributed by atoms with Gasteiger partial charge in [-0.3, -0.25) is 4.68 Å². The first-order valence-corrected chi connectivity index (χ1v) is 6.10. The van der Waals surface area contributed by atoms with Crippen molar-refractivity contribution in [2.24, 2.45) is 5.73 Å². The van der Waals surface area contributed by atoms with Crippen LogP contribution in [0.2, 0.25) is 0 Å². The van der Waals surface area contributed by atoms with E-state index in [1.54, 1.807) is 14.2 Å². The minimum absolute atomic E-state index is 0.180. The van der Waals surface area contributed by atoms with Crippen molar-refractivity contribution in [2.75, 3.05) is 14.2 Å². The standard InChI is InChI=1S/C14H19N3O2/c1-10-7-16-17(8-10)9-13(15)12-5-4-11(18-2)6-14(12)19-3/h4-8,13H,9,15H2,1-3H3. The number of hydrogen-bond acceptors (Lipinski definition) is 4. The highest BCUT2D eigenvalue weighted by atomic mass is 16.5. The molecule has 0 saturated carbocycles. The smallest absolute Gasteiger partial charge is 0.127 e. The van der Waals surface area contributed by atoms with Gasteiger partial charge in [0.1, 0.15) is 11.5 Å². The fraction of sp³-hybridized carbons (Fsp3) is 0.357. The molecule has 1 unspecified atom stereocenters. The normalized spacial score (nSPS) is 12.2. The summed E-state index contributed by atoms with van der Waals surface area (Å²) < 4.78 is 12.4. The third-order valence-electron chi connectivity index (χ3n) is 2.99. The van der Waals surface area contributed by atoms with Crippen LogP contribution in [-0.2, 0) is 6.54 Å². The Morgan fingerprint density at radius 1 is 1.32 bits per heavy atom. The van der Waals surface area contributed by atoms with Crippen molar-refractivity contribution in [3.8, 4) is 11.5 Å². The Morgan fingerprint density at radius 3 is 2.68 bits per heavy atom. The van der Waals surface area contributed by atoms with Crippen LogP contribution >= 0.6 is 0 Å². The highest BCUT2D eigenvalue weighted by Gasteiger charge is 2.14. The summed E-state index contributed by atoms with van der Waals surface area (Å²) in [6.45, 7) is 2.61. The van der Waals surface area contributed by atoms with E-state index in [2.05, 4.69) is 5.10 Å². The van der Waals surface area contributed by atoms with Gasteiger partial charge in [0.2, 0.25) is 0 Å². The van der Waals surface area contributed by atoms with E-state index in [1.807, 2.05) is 42.2 Å². The molecule has 0 aliphatic carbocycles. The van der Waals surface area contributed by atoms with E-state index < -0.39 is 0 Å². The van der Waals surface area contributed by atoms with Gasteiger partial charge in [-0.1, -0.05) is 6.07 Å². The number of ether oxygens (including phenoxy) is 2. The van der Waals surface area contributed by atoms with E-state index >= 15 is 0 Å². The van der Waals surface area contributed by atoms with Gasteiger partial charge in [-0.25, -0.2) is 0 Å². The lowest BCUT2D eigenvalue weighted by molar-refractivity contribution is 0.385. The van der Waals surface area contributed by atoms with Crippen LogP contribution in [0, 0.1) is 6.92 Å². The SMILES string of the molecule is COc1ccc(C(N)Cn2cc(C)cn2)c(OC)c1. The van der Waals surface area contributed by atoms with Crippen LogP contribution in [-0.4, -0.2) is 24.0 Å². The number of nitrogens with zero attached hydrogens (tertiary/aromatic N) is 2. The predicted molar refractivity (Wildman–Crippen MR) is 73.4 cm³/mol. The first kappa shape index (κ1) is 13.4. The fourth-order valence-electron chi connectivity index (χ4n) is 1.99. The number of aryl methyl sites for hydroxylation is 1. The van der Waals surface area contributed by atoms with Gasteiger partial charge in [-0.05, 0) is 18.6 Å². The summed E-state index contributed by atoms with van der Waals surface area (Å²) in [7, 11) is 3.25. The molecule has 5 nitrogen and oxygen atoms in total. The molecule has 1 atom stereocenters. The van der Waals surface area contributed by atoms with Crippen LogP contribution in [0.5, 0.6) is 11.5 Å². The maximum absolute atomic E-state index is 6.22. The number of methoxy groups -OCH3 is 2. The molecule has 0 radical (unpaired) electrons. The quantitative estimate of drug-likeness (QED) is 0.893. The van der Waals surface area contributed by atoms with Crippen LogP contribution in [0.25, 0.3) is 0 Å². The second-order valence-corrected chi connectivity index (χ2v) is 4.45. The molecule has 0 spiro atoms. The van der Waals surface area contributed by atoms with Gasteiger partial charge in [0.05, 0.1) is 33.0 Å². The van der Waals surface area contributed by atoms with Crippen LogP contribution in [0.1, 0.15) is 17.2 Å². The number of benzene rings is 1. The Balaban J connectivity index is 2.20. The summed E-state index contributed by atoms with van der Waals surface area (Å²) >= 11 is 0. The molecule has 1 aromatic heterocycles. The molecule has 2 rings (SSSR count). The lowest BCUT2D eigenvalue weighted by Gasteiger charge is -2.16. The van der Waals surface area contributed by atoms with Crippen LogP contribution in [0.4, 0.5) is 0 Å². The molecule has 1 aromatic carbocycles. The summed E-state index contributed by atoms with van der Waals surface area (Å²) in [5.74, 6) is 1.48. The molecule has 102 valence electrons. The lowest BCUT2D eigenvalue weighted by atomic mass is 10.1. The summed E-state index contributed by atoms with van der Waals surface area (Å²) in [4.78, 5) is 0. The predicted octanol–water partition coefficient (Wildman–Crippen LogP) is 1.91. The summed E-state index contributed by atoms with van der Waals surface area (Å²) in [6.07, 6.45) is 3.79. The van der Waals surface area contributed by atoms with Crippen molar-refractivity contribution >= 4 is 0 Å². The third-order valence-corrected chi connectivity index (χ3v) is 2.99. The van der Waals surface area contributed by atoms with Gasteiger partial charge in [0, 0.05) is 17.8 Å². The number of rotatable bonds is 5. The minimum atomic E-state index is -0.180. The average molecular weight is 261 g/mol. The first-order valence-electron chi connectivity index (χ1n) is 6.10. The van der Waals surface area contributed by atoms with Gasteiger partial charge < -0.3 is 15.2 Å². The van der Waals surface area contributed by atoms with E-state index in [0.717, 1.165) is 22.6 Å². The van der Waals surface area contributed by atoms with E-state index in [-0.39, 0.29) is 6.04 Å². The summed E-state index contributed by atoms with van der Waals surface area (Å²) in [5.41, 5.74) is 8.28. The molecule has 5 heteroatoms. The monoisotopic (exact) mass is 261 g/mol. The molecule has 0 amide bonds. The molecule has 0 aliphatic heterocycles. The Morgan fingerprint density at radius 2 is 2.11 bits per heavy atom. The number of aromatic nitrogens is 2. The van der Waals surface area contributed by atoms with Gasteiger partial charge >= 0.3 is 0 Å². The largest absolute Gasteiger partial charge is 0.497 e. The maximum Gasteiger partial charge on any atom is 0.127 e. The molecule has 0 fully saturated rings. The van der Waals surface area contributed by atoms with Crippen molar-refractivity contribution in [1.82, 2.24) is 9.78 Å². The Hall–Kier alpha value is -2.01. The highest BCUT2D eigenvalue weighted by molar-refractivity contribution is 5.42. The van der Waals surface area contributed by atoms with Crippen LogP contribution < -0.4 is 15.2 Å². The van der Waals surface area contributed by atoms with Crippen molar-refractivity contribution in [3.63, 3.8) is 0 Å². The van der Waals surface area contributed by atoms with E-state index in [4.69, 9.17) is 15.2 Å². The van der Waals surface area contributed by atoms with Gasteiger partial charge in [-0.2, -0.15) is 5.10 Å². The zero-order chi connectivity index (χ0) is 13.8. The lowest BCUT2D eigenvalue weighted by Crippen LogP contribution is -2.18. The first-order chi connectivity index (χ1) is 9.13. The Kier molecular flexibility index (Phi) is 4.06. The van der Waals surface area contributed by atoms with E-state index in [0.29, 0.717) is 6.54 Å². The second kappa shape index (κ2) is 5.75. The molecule has 19 heavy (non-hydrogen) atoms. The van der Waals surface area contributed by atoms with Crippen molar-refractivity contribution in [1.29, 1.82) is 0 Å². The van der Waals surface area contributed by atoms with Crippen LogP contribution in [0.15, 0.2) is 30.6 Å². The number of nitrogens with two attached hydrogens (primary N) is 1. The summed E-state index contributed by atoms with van der Waals surface area (Å²) in [6, 6.07) is 5.47. The molecule has 0 saturated heterocycles. The fourth-order valence-corrected chi connectivity index (χ4v) is 1.99. The summed E-state index contributed by atoms with van der Waals surface area (Å²) in [5, 5.41) is 4.24. The second-order valence-electron chi connectivity index (χ2n) is 4.45. The average Bonchev–Trinajstić information content (AvgIpc) is 2.83. The molecular formula is C14H19N3O2.